The topological polar surface area (TPSA) is 83.8 Å². The van der Waals surface area contributed by atoms with Crippen LogP contribution in [0.2, 0.25) is 0 Å². The van der Waals surface area contributed by atoms with Gasteiger partial charge in [0.05, 0.1) is 0 Å². The van der Waals surface area contributed by atoms with Crippen molar-refractivity contribution in [1.29, 1.82) is 0 Å². The van der Waals surface area contributed by atoms with Gasteiger partial charge in [-0.1, -0.05) is 42.7 Å². The van der Waals surface area contributed by atoms with Gasteiger partial charge in [-0.05, 0) is 25.3 Å². The summed E-state index contributed by atoms with van der Waals surface area (Å²) in [7, 11) is 0. The molecule has 146 valence electrons. The first-order chi connectivity index (χ1) is 13.5. The molecule has 2 aromatic rings. The summed E-state index contributed by atoms with van der Waals surface area (Å²) in [5.74, 6) is -0.795. The Balaban J connectivity index is 1.49. The number of nitrogens with one attached hydrogen (secondary N) is 1. The molecule has 28 heavy (non-hydrogen) atoms. The lowest BCUT2D eigenvalue weighted by Crippen LogP contribution is -2.44. The van der Waals surface area contributed by atoms with E-state index in [2.05, 4.69) is 10.3 Å². The van der Waals surface area contributed by atoms with E-state index in [0.29, 0.717) is 24.2 Å². The van der Waals surface area contributed by atoms with E-state index < -0.39 is 17.5 Å². The molecule has 1 spiro atoms. The van der Waals surface area contributed by atoms with Crippen molar-refractivity contribution in [3.05, 3.63) is 51.8 Å². The highest BCUT2D eigenvalue weighted by Gasteiger charge is 2.52. The molecule has 8 heteroatoms. The molecule has 1 aromatic carbocycles. The molecular formula is C20H22N4O3S. The minimum absolute atomic E-state index is 0.294. The number of rotatable bonds is 4. The van der Waals surface area contributed by atoms with Crippen LogP contribution in [0, 0.1) is 6.92 Å². The SMILES string of the molecule is Cc1ccc(Cn2ccsc2=NC(=O)CN2C(=O)NC3(CCCC3)C2=O)cc1. The summed E-state index contributed by atoms with van der Waals surface area (Å²) >= 11 is 1.35. The van der Waals surface area contributed by atoms with E-state index in [9.17, 15) is 14.4 Å². The fourth-order valence-electron chi connectivity index (χ4n) is 3.81. The third-order valence-corrected chi connectivity index (χ3v) is 6.14. The summed E-state index contributed by atoms with van der Waals surface area (Å²) in [5.41, 5.74) is 1.49. The summed E-state index contributed by atoms with van der Waals surface area (Å²) in [6.07, 6.45) is 4.97. The Morgan fingerprint density at radius 3 is 2.64 bits per heavy atom. The van der Waals surface area contributed by atoms with Crippen molar-refractivity contribution in [2.24, 2.45) is 4.99 Å². The van der Waals surface area contributed by atoms with Crippen LogP contribution in [-0.2, 0) is 16.1 Å². The Morgan fingerprint density at radius 1 is 1.21 bits per heavy atom. The van der Waals surface area contributed by atoms with Gasteiger partial charge in [0.2, 0.25) is 0 Å². The van der Waals surface area contributed by atoms with Crippen LogP contribution in [0.4, 0.5) is 4.79 Å². The van der Waals surface area contributed by atoms with E-state index in [1.807, 2.05) is 47.3 Å². The number of benzene rings is 1. The summed E-state index contributed by atoms with van der Waals surface area (Å²) in [6.45, 7) is 2.31. The molecule has 0 radical (unpaired) electrons. The quantitative estimate of drug-likeness (QED) is 0.802. The molecule has 0 atom stereocenters. The molecule has 4 rings (SSSR count). The average Bonchev–Trinajstić information content (AvgIpc) is 3.36. The third-order valence-electron chi connectivity index (χ3n) is 5.35. The Morgan fingerprint density at radius 2 is 1.93 bits per heavy atom. The van der Waals surface area contributed by atoms with Gasteiger partial charge < -0.3 is 9.88 Å². The molecule has 1 aromatic heterocycles. The van der Waals surface area contributed by atoms with Crippen molar-refractivity contribution in [3.8, 4) is 0 Å². The van der Waals surface area contributed by atoms with Gasteiger partial charge in [0.25, 0.3) is 11.8 Å². The second-order valence-corrected chi connectivity index (χ2v) is 8.29. The van der Waals surface area contributed by atoms with Crippen molar-refractivity contribution >= 4 is 29.2 Å². The van der Waals surface area contributed by atoms with Gasteiger partial charge in [-0.15, -0.1) is 11.3 Å². The predicted molar refractivity (Wildman–Crippen MR) is 105 cm³/mol. The van der Waals surface area contributed by atoms with Gasteiger partial charge in [-0.25, -0.2) is 4.79 Å². The van der Waals surface area contributed by atoms with Crippen LogP contribution in [0.1, 0.15) is 36.8 Å². The van der Waals surface area contributed by atoms with Crippen LogP contribution in [-0.4, -0.2) is 39.4 Å². The van der Waals surface area contributed by atoms with Crippen LogP contribution in [0.15, 0.2) is 40.8 Å². The van der Waals surface area contributed by atoms with E-state index in [1.54, 1.807) is 0 Å². The standard InChI is InChI=1S/C20H22N4O3S/c1-14-4-6-15(7-5-14)12-23-10-11-28-19(23)21-16(25)13-24-17(26)20(22-18(24)27)8-2-3-9-20/h4-7,10-11H,2-3,8-9,12-13H2,1H3,(H,22,27). The number of carbonyl (C=O) groups is 3. The van der Waals surface area contributed by atoms with Gasteiger partial charge in [0.15, 0.2) is 4.80 Å². The Labute approximate surface area is 166 Å². The summed E-state index contributed by atoms with van der Waals surface area (Å²) < 4.78 is 1.89. The highest BCUT2D eigenvalue weighted by atomic mass is 32.1. The fourth-order valence-corrected chi connectivity index (χ4v) is 4.56. The largest absolute Gasteiger partial charge is 0.325 e. The molecule has 1 aliphatic heterocycles. The van der Waals surface area contributed by atoms with Gasteiger partial charge in [-0.2, -0.15) is 4.99 Å². The molecule has 2 aliphatic rings. The molecule has 2 fully saturated rings. The van der Waals surface area contributed by atoms with Crippen LogP contribution in [0.25, 0.3) is 0 Å². The second-order valence-electron chi connectivity index (χ2n) is 7.42. The van der Waals surface area contributed by atoms with Crippen LogP contribution in [0.3, 0.4) is 0 Å². The maximum absolute atomic E-state index is 12.7. The number of aromatic nitrogens is 1. The van der Waals surface area contributed by atoms with Crippen LogP contribution in [0.5, 0.6) is 0 Å². The minimum atomic E-state index is -0.800. The number of amides is 4. The summed E-state index contributed by atoms with van der Waals surface area (Å²) in [5, 5.41) is 4.65. The molecule has 0 bridgehead atoms. The molecule has 1 saturated heterocycles. The highest BCUT2D eigenvalue weighted by molar-refractivity contribution is 7.07. The number of carbonyl (C=O) groups excluding carboxylic acids is 3. The van der Waals surface area contributed by atoms with E-state index >= 15 is 0 Å². The van der Waals surface area contributed by atoms with Crippen molar-refractivity contribution in [3.63, 3.8) is 0 Å². The number of imide groups is 1. The molecule has 7 nitrogen and oxygen atoms in total. The molecule has 2 heterocycles. The van der Waals surface area contributed by atoms with E-state index in [1.165, 1.54) is 16.9 Å². The Kier molecular flexibility index (Phi) is 4.89. The lowest BCUT2D eigenvalue weighted by Gasteiger charge is -2.19. The Bertz CT molecular complexity index is 983. The smallest absolute Gasteiger partial charge is 0.323 e. The van der Waals surface area contributed by atoms with Crippen LogP contribution >= 0.6 is 11.3 Å². The molecule has 0 unspecified atom stereocenters. The molecule has 4 amide bonds. The monoisotopic (exact) mass is 398 g/mol. The first-order valence-electron chi connectivity index (χ1n) is 9.38. The van der Waals surface area contributed by atoms with Gasteiger partial charge in [-0.3, -0.25) is 14.5 Å². The zero-order valence-electron chi connectivity index (χ0n) is 15.7. The van der Waals surface area contributed by atoms with Gasteiger partial charge in [0.1, 0.15) is 12.1 Å². The average molecular weight is 398 g/mol. The maximum Gasteiger partial charge on any atom is 0.325 e. The summed E-state index contributed by atoms with van der Waals surface area (Å²) in [6, 6.07) is 7.68. The van der Waals surface area contributed by atoms with Crippen molar-refractivity contribution in [2.75, 3.05) is 6.54 Å². The lowest BCUT2D eigenvalue weighted by molar-refractivity contribution is -0.134. The lowest BCUT2D eigenvalue weighted by atomic mass is 9.98. The summed E-state index contributed by atoms with van der Waals surface area (Å²) in [4.78, 5) is 43.0. The predicted octanol–water partition coefficient (Wildman–Crippen LogP) is 2.20. The number of nitrogens with zero attached hydrogens (tertiary/aromatic N) is 3. The number of hydrogen-bond donors (Lipinski definition) is 1. The highest BCUT2D eigenvalue weighted by Crippen LogP contribution is 2.34. The van der Waals surface area contributed by atoms with E-state index in [4.69, 9.17) is 0 Å². The minimum Gasteiger partial charge on any atom is -0.323 e. The molecule has 1 saturated carbocycles. The second kappa shape index (κ2) is 7.35. The van der Waals surface area contributed by atoms with E-state index in [0.717, 1.165) is 23.3 Å². The van der Waals surface area contributed by atoms with Crippen molar-refractivity contribution < 1.29 is 14.4 Å². The molecule has 1 N–H and O–H groups in total. The first kappa shape index (κ1) is 18.6. The van der Waals surface area contributed by atoms with Gasteiger partial charge in [0, 0.05) is 18.1 Å². The first-order valence-corrected chi connectivity index (χ1v) is 10.3. The zero-order chi connectivity index (χ0) is 19.7. The number of urea groups is 1. The van der Waals surface area contributed by atoms with E-state index in [-0.39, 0.29) is 12.5 Å². The third kappa shape index (κ3) is 3.52. The number of hydrogen-bond acceptors (Lipinski definition) is 4. The molecule has 1 aliphatic carbocycles. The normalized spacial score (nSPS) is 18.9. The fraction of sp³-hybridized carbons (Fsp3) is 0.400. The maximum atomic E-state index is 12.7. The molecular weight excluding hydrogens is 376 g/mol. The zero-order valence-corrected chi connectivity index (χ0v) is 16.5. The van der Waals surface area contributed by atoms with Crippen molar-refractivity contribution in [2.45, 2.75) is 44.7 Å². The number of aryl methyl sites for hydroxylation is 1. The van der Waals surface area contributed by atoms with Gasteiger partial charge >= 0.3 is 6.03 Å². The van der Waals surface area contributed by atoms with Crippen LogP contribution < -0.4 is 10.1 Å². The Hall–Kier alpha value is -2.74. The number of thiazole rings is 1. The van der Waals surface area contributed by atoms with Crippen molar-refractivity contribution in [1.82, 2.24) is 14.8 Å².